The molecule has 0 heterocycles. The largest absolute Gasteiger partial charge is 0.409 e. The van der Waals surface area contributed by atoms with Gasteiger partial charge in [-0.3, -0.25) is 0 Å². The minimum atomic E-state index is 0.170. The van der Waals surface area contributed by atoms with E-state index in [1.54, 1.807) is 0 Å². The Kier molecular flexibility index (Phi) is 3.45. The molecule has 1 saturated carbocycles. The number of benzene rings is 1. The van der Waals surface area contributed by atoms with Crippen LogP contribution in [0.4, 0.5) is 5.69 Å². The highest BCUT2D eigenvalue weighted by Gasteiger charge is 2.32. The molecule has 4 nitrogen and oxygen atoms in total. The first-order valence-corrected chi connectivity index (χ1v) is 6.36. The quantitative estimate of drug-likeness (QED) is 0.371. The number of nitrogens with zero attached hydrogens (tertiary/aromatic N) is 2. The lowest BCUT2D eigenvalue weighted by molar-refractivity contribution is 0.318. The van der Waals surface area contributed by atoms with Crippen molar-refractivity contribution in [2.45, 2.75) is 32.7 Å². The zero-order valence-corrected chi connectivity index (χ0v) is 11.2. The molecule has 1 aromatic carbocycles. The third-order valence-electron chi connectivity index (χ3n) is 3.89. The summed E-state index contributed by atoms with van der Waals surface area (Å²) in [7, 11) is 2.08. The van der Waals surface area contributed by atoms with Crippen molar-refractivity contribution in [1.29, 1.82) is 0 Å². The first-order valence-electron chi connectivity index (χ1n) is 6.36. The number of hydrogen-bond donors (Lipinski definition) is 2. The van der Waals surface area contributed by atoms with Crippen LogP contribution in [0.15, 0.2) is 23.4 Å². The standard InChI is InChI=1S/C14H21N3O/c1-9-5-4-6-12(14(15)16-18)13(9)17(3)10(2)11-7-8-11/h4-6,10-11,18H,7-8H2,1-3H3,(H2,15,16). The highest BCUT2D eigenvalue weighted by Crippen LogP contribution is 2.37. The van der Waals surface area contributed by atoms with Gasteiger partial charge in [0.25, 0.3) is 0 Å². The second kappa shape index (κ2) is 4.88. The smallest absolute Gasteiger partial charge is 0.172 e. The summed E-state index contributed by atoms with van der Waals surface area (Å²) < 4.78 is 0. The van der Waals surface area contributed by atoms with Gasteiger partial charge in [-0.15, -0.1) is 0 Å². The lowest BCUT2D eigenvalue weighted by Crippen LogP contribution is -2.33. The molecule has 1 atom stereocenters. The molecule has 0 aromatic heterocycles. The number of rotatable bonds is 4. The maximum atomic E-state index is 8.89. The van der Waals surface area contributed by atoms with Crippen molar-refractivity contribution in [3.8, 4) is 0 Å². The van der Waals surface area contributed by atoms with Gasteiger partial charge in [0.2, 0.25) is 0 Å². The Bertz CT molecular complexity index is 466. The topological polar surface area (TPSA) is 61.9 Å². The molecule has 0 aliphatic heterocycles. The van der Waals surface area contributed by atoms with E-state index in [0.29, 0.717) is 6.04 Å². The molecule has 1 unspecified atom stereocenters. The van der Waals surface area contributed by atoms with Gasteiger partial charge in [0, 0.05) is 18.7 Å². The lowest BCUT2D eigenvalue weighted by Gasteiger charge is -2.30. The van der Waals surface area contributed by atoms with Gasteiger partial charge >= 0.3 is 0 Å². The van der Waals surface area contributed by atoms with Gasteiger partial charge in [0.05, 0.1) is 5.69 Å². The summed E-state index contributed by atoms with van der Waals surface area (Å²) >= 11 is 0. The van der Waals surface area contributed by atoms with Crippen molar-refractivity contribution in [1.82, 2.24) is 0 Å². The van der Waals surface area contributed by atoms with E-state index in [2.05, 4.69) is 37.0 Å². The highest BCUT2D eigenvalue weighted by molar-refractivity contribution is 6.02. The molecular formula is C14H21N3O. The summed E-state index contributed by atoms with van der Waals surface area (Å²) in [5.74, 6) is 0.943. The molecule has 18 heavy (non-hydrogen) atoms. The van der Waals surface area contributed by atoms with Crippen LogP contribution in [0.5, 0.6) is 0 Å². The summed E-state index contributed by atoms with van der Waals surface area (Å²) in [6.07, 6.45) is 2.60. The summed E-state index contributed by atoms with van der Waals surface area (Å²) in [6, 6.07) is 6.37. The van der Waals surface area contributed by atoms with Crippen LogP contribution in [0.1, 0.15) is 30.9 Å². The fourth-order valence-corrected chi connectivity index (χ4v) is 2.49. The Morgan fingerprint density at radius 1 is 1.50 bits per heavy atom. The van der Waals surface area contributed by atoms with Crippen LogP contribution in [0.3, 0.4) is 0 Å². The minimum absolute atomic E-state index is 0.170. The van der Waals surface area contributed by atoms with Gasteiger partial charge in [-0.2, -0.15) is 0 Å². The van der Waals surface area contributed by atoms with Crippen molar-refractivity contribution in [3.63, 3.8) is 0 Å². The summed E-state index contributed by atoms with van der Waals surface area (Å²) in [5, 5.41) is 12.0. The fourth-order valence-electron chi connectivity index (χ4n) is 2.49. The highest BCUT2D eigenvalue weighted by atomic mass is 16.4. The second-order valence-electron chi connectivity index (χ2n) is 5.15. The lowest BCUT2D eigenvalue weighted by atomic mass is 10.0. The molecule has 2 rings (SSSR count). The molecule has 1 aliphatic rings. The normalized spacial score (nSPS) is 17.6. The van der Waals surface area contributed by atoms with Gasteiger partial charge in [-0.05, 0) is 44.2 Å². The van der Waals surface area contributed by atoms with Crippen LogP contribution in [0, 0.1) is 12.8 Å². The van der Waals surface area contributed by atoms with E-state index < -0.39 is 0 Å². The Morgan fingerprint density at radius 3 is 2.72 bits per heavy atom. The average molecular weight is 247 g/mol. The van der Waals surface area contributed by atoms with Crippen LogP contribution >= 0.6 is 0 Å². The Morgan fingerprint density at radius 2 is 2.17 bits per heavy atom. The van der Waals surface area contributed by atoms with Gasteiger partial charge in [0.15, 0.2) is 5.84 Å². The van der Waals surface area contributed by atoms with Crippen LogP contribution < -0.4 is 10.6 Å². The van der Waals surface area contributed by atoms with E-state index in [1.165, 1.54) is 12.8 Å². The Balaban J connectivity index is 2.41. The van der Waals surface area contributed by atoms with Crippen LogP contribution in [0.2, 0.25) is 0 Å². The molecule has 98 valence electrons. The van der Waals surface area contributed by atoms with Gasteiger partial charge in [-0.1, -0.05) is 17.3 Å². The van der Waals surface area contributed by atoms with Crippen LogP contribution in [-0.2, 0) is 0 Å². The average Bonchev–Trinajstić information content (AvgIpc) is 3.20. The van der Waals surface area contributed by atoms with Crippen molar-refractivity contribution in [2.75, 3.05) is 11.9 Å². The number of oxime groups is 1. The van der Waals surface area contributed by atoms with Crippen molar-refractivity contribution >= 4 is 11.5 Å². The van der Waals surface area contributed by atoms with Crippen molar-refractivity contribution in [2.24, 2.45) is 16.8 Å². The zero-order valence-electron chi connectivity index (χ0n) is 11.2. The van der Waals surface area contributed by atoms with Crippen molar-refractivity contribution in [3.05, 3.63) is 29.3 Å². The molecule has 0 saturated heterocycles. The number of anilines is 1. The van der Waals surface area contributed by atoms with E-state index in [4.69, 9.17) is 10.9 Å². The SMILES string of the molecule is Cc1cccc(/C(N)=N/O)c1N(C)C(C)C1CC1. The molecule has 1 fully saturated rings. The molecule has 4 heteroatoms. The predicted molar refractivity (Wildman–Crippen MR) is 74.3 cm³/mol. The van der Waals surface area contributed by atoms with Crippen LogP contribution in [-0.4, -0.2) is 24.1 Å². The van der Waals surface area contributed by atoms with E-state index in [-0.39, 0.29) is 5.84 Å². The predicted octanol–water partition coefficient (Wildman–Crippen LogP) is 2.32. The Labute approximate surface area is 108 Å². The minimum Gasteiger partial charge on any atom is -0.409 e. The van der Waals surface area contributed by atoms with E-state index in [9.17, 15) is 0 Å². The number of aryl methyl sites for hydroxylation is 1. The zero-order chi connectivity index (χ0) is 13.3. The van der Waals surface area contributed by atoms with Gasteiger partial charge in [-0.25, -0.2) is 0 Å². The second-order valence-corrected chi connectivity index (χ2v) is 5.15. The summed E-state index contributed by atoms with van der Waals surface area (Å²) in [5.41, 5.74) is 8.78. The monoisotopic (exact) mass is 247 g/mol. The van der Waals surface area contributed by atoms with Gasteiger partial charge < -0.3 is 15.8 Å². The Hall–Kier alpha value is -1.71. The first kappa shape index (κ1) is 12.7. The first-order chi connectivity index (χ1) is 8.56. The summed E-state index contributed by atoms with van der Waals surface area (Å²) in [6.45, 7) is 4.29. The molecule has 3 N–H and O–H groups in total. The molecular weight excluding hydrogens is 226 g/mol. The molecule has 0 amide bonds. The number of amidine groups is 1. The third-order valence-corrected chi connectivity index (χ3v) is 3.89. The molecule has 0 spiro atoms. The summed E-state index contributed by atoms with van der Waals surface area (Å²) in [4.78, 5) is 2.25. The number of nitrogens with two attached hydrogens (primary N) is 1. The molecule has 0 radical (unpaired) electrons. The van der Waals surface area contributed by atoms with E-state index >= 15 is 0 Å². The van der Waals surface area contributed by atoms with Crippen LogP contribution in [0.25, 0.3) is 0 Å². The third kappa shape index (κ3) is 2.28. The molecule has 0 bridgehead atoms. The fraction of sp³-hybridized carbons (Fsp3) is 0.500. The number of hydrogen-bond acceptors (Lipinski definition) is 3. The van der Waals surface area contributed by atoms with Crippen molar-refractivity contribution < 1.29 is 5.21 Å². The molecule has 1 aliphatic carbocycles. The van der Waals surface area contributed by atoms with E-state index in [0.717, 1.165) is 22.7 Å². The maximum Gasteiger partial charge on any atom is 0.172 e. The number of para-hydroxylation sites is 1. The van der Waals surface area contributed by atoms with Gasteiger partial charge in [0.1, 0.15) is 0 Å². The maximum absolute atomic E-state index is 8.89. The van der Waals surface area contributed by atoms with E-state index in [1.807, 2.05) is 12.1 Å². The molecule has 1 aromatic rings.